The van der Waals surface area contributed by atoms with Crippen molar-refractivity contribution in [3.63, 3.8) is 0 Å². The van der Waals surface area contributed by atoms with Crippen LogP contribution in [0.3, 0.4) is 0 Å². The lowest BCUT2D eigenvalue weighted by Gasteiger charge is -2.20. The van der Waals surface area contributed by atoms with Crippen LogP contribution in [0.15, 0.2) is 118 Å². The molecule has 0 aliphatic carbocycles. The van der Waals surface area contributed by atoms with Crippen molar-refractivity contribution in [2.75, 3.05) is 48.2 Å². The number of anilines is 4. The lowest BCUT2D eigenvalue weighted by Crippen LogP contribution is -2.49. The molecule has 18 nitrogen and oxygen atoms in total. The van der Waals surface area contributed by atoms with Gasteiger partial charge < -0.3 is 50.0 Å². The Morgan fingerprint density at radius 2 is 1.09 bits per heavy atom. The lowest BCUT2D eigenvalue weighted by atomic mass is 10.1. The number of nitrogen functional groups attached to an aromatic ring is 1. The largest absolute Gasteiger partial charge is 0.489 e. The topological polar surface area (TPSA) is 242 Å². The monoisotopic (exact) mass is 904 g/mol. The first-order valence-electron chi connectivity index (χ1n) is 20.0. The summed E-state index contributed by atoms with van der Waals surface area (Å²) < 4.78 is 22.0. The van der Waals surface area contributed by atoms with E-state index in [9.17, 15) is 28.8 Å². The Labute approximate surface area is 377 Å². The number of fused-ring (bicyclic) bond motifs is 2. The molecule has 65 heavy (non-hydrogen) atoms. The third-order valence-electron chi connectivity index (χ3n) is 9.69. The van der Waals surface area contributed by atoms with Crippen molar-refractivity contribution in [3.8, 4) is 11.5 Å². The summed E-state index contributed by atoms with van der Waals surface area (Å²) in [6.07, 6.45) is 1.02. The molecule has 8 rings (SSSR count). The fourth-order valence-corrected chi connectivity index (χ4v) is 6.57. The van der Waals surface area contributed by atoms with Gasteiger partial charge in [-0.15, -0.1) is 0 Å². The molecule has 19 heteroatoms. The minimum absolute atomic E-state index is 0.000551. The number of benzene rings is 4. The first-order chi connectivity index (χ1) is 31.1. The van der Waals surface area contributed by atoms with E-state index < -0.39 is 23.9 Å². The predicted molar refractivity (Wildman–Crippen MR) is 240 cm³/mol. The standard InChI is InChI=1S/C23H22N4O5.C21H20N4O4.C2H3ClO/c1-14(28)24-16-8-9-21-20(11-16)27(2)23(30)19(13-31-21)25-22(29)18-12-17(32-26-18)10-15-6-4-3-5-7-15;1-25-18-10-14(22)7-8-19(18)28-12-17(21(25)27)23-20(26)16-11-15(29-24-16)9-13-5-3-2-4-6-13;1-2(3)4/h3-9,11-12,19H,10,13H2,1-2H3,(H,24,28)(H,25,29);2-8,10-11,17H,9,12,22H2,1H3,(H,23,26);1H3/t19-;17-;/m00./s1. The average molecular weight is 905 g/mol. The molecule has 0 spiro atoms. The van der Waals surface area contributed by atoms with Gasteiger partial charge in [-0.05, 0) is 59.1 Å². The zero-order chi connectivity index (χ0) is 46.6. The molecule has 336 valence electrons. The Bertz CT molecular complexity index is 2670. The maximum absolute atomic E-state index is 13.0. The number of rotatable bonds is 9. The van der Waals surface area contributed by atoms with Gasteiger partial charge in [0.1, 0.15) is 48.3 Å². The predicted octanol–water partition coefficient (Wildman–Crippen LogP) is 5.15. The summed E-state index contributed by atoms with van der Waals surface area (Å²) in [7, 11) is 3.20. The number of halogens is 1. The third-order valence-corrected chi connectivity index (χ3v) is 9.69. The van der Waals surface area contributed by atoms with Gasteiger partial charge >= 0.3 is 0 Å². The van der Waals surface area contributed by atoms with Crippen molar-refractivity contribution in [1.82, 2.24) is 20.9 Å². The highest BCUT2D eigenvalue weighted by atomic mass is 35.5. The highest BCUT2D eigenvalue weighted by Crippen LogP contribution is 2.34. The minimum Gasteiger partial charge on any atom is -0.489 e. The summed E-state index contributed by atoms with van der Waals surface area (Å²) in [5.74, 6) is 0.169. The molecule has 0 saturated heterocycles. The SMILES string of the molecule is CC(=O)Cl.CC(=O)Nc1ccc2c(c1)N(C)C(=O)[C@@H](NC(=O)c1cc(Cc3ccccc3)on1)CO2.CN1C(=O)[C@@H](NC(=O)c2cc(Cc3ccccc3)on2)COc2ccc(N)cc21. The van der Waals surface area contributed by atoms with Crippen LogP contribution in [-0.2, 0) is 32.0 Å². The van der Waals surface area contributed by atoms with Crippen molar-refractivity contribution < 1.29 is 47.3 Å². The van der Waals surface area contributed by atoms with E-state index in [1.54, 1.807) is 62.6 Å². The van der Waals surface area contributed by atoms with E-state index in [2.05, 4.69) is 37.9 Å². The summed E-state index contributed by atoms with van der Waals surface area (Å²) in [5, 5.41) is 15.3. The number of carbonyl (C=O) groups excluding carboxylic acids is 6. The fraction of sp³-hybridized carbons (Fsp3) is 0.217. The number of likely N-dealkylation sites (N-methyl/N-ethyl adjacent to an activating group) is 2. The second kappa shape index (κ2) is 21.4. The molecular formula is C46H45ClN8O10. The van der Waals surface area contributed by atoms with E-state index in [4.69, 9.17) is 24.3 Å². The lowest BCUT2D eigenvalue weighted by molar-refractivity contribution is -0.121. The van der Waals surface area contributed by atoms with Gasteiger partial charge in [0.25, 0.3) is 23.6 Å². The molecule has 0 radical (unpaired) electrons. The van der Waals surface area contributed by atoms with Crippen LogP contribution in [0.1, 0.15) is 57.5 Å². The van der Waals surface area contributed by atoms with Gasteiger partial charge in [0, 0.05) is 64.3 Å². The van der Waals surface area contributed by atoms with E-state index in [0.29, 0.717) is 58.6 Å². The fourth-order valence-electron chi connectivity index (χ4n) is 6.57. The normalized spacial score (nSPS) is 15.1. The van der Waals surface area contributed by atoms with E-state index in [1.807, 2.05) is 60.7 Å². The number of nitrogens with one attached hydrogen (secondary N) is 3. The number of nitrogens with two attached hydrogens (primary N) is 1. The van der Waals surface area contributed by atoms with E-state index in [-0.39, 0.29) is 47.6 Å². The van der Waals surface area contributed by atoms with Gasteiger partial charge in [-0.1, -0.05) is 71.0 Å². The van der Waals surface area contributed by atoms with Crippen LogP contribution < -0.4 is 41.0 Å². The van der Waals surface area contributed by atoms with Gasteiger partial charge in [0.15, 0.2) is 11.4 Å². The molecule has 2 aromatic heterocycles. The van der Waals surface area contributed by atoms with Crippen LogP contribution in [0, 0.1) is 0 Å². The highest BCUT2D eigenvalue weighted by molar-refractivity contribution is 6.62. The van der Waals surface area contributed by atoms with Gasteiger partial charge in [-0.2, -0.15) is 0 Å². The number of carbonyl (C=O) groups is 6. The van der Waals surface area contributed by atoms with Crippen molar-refractivity contribution in [2.24, 2.45) is 0 Å². The molecule has 2 aliphatic rings. The second-order valence-corrected chi connectivity index (χ2v) is 15.2. The third kappa shape index (κ3) is 12.6. The molecule has 0 bridgehead atoms. The molecule has 5 N–H and O–H groups in total. The number of aromatic nitrogens is 2. The molecule has 0 fully saturated rings. The van der Waals surface area contributed by atoms with Crippen molar-refractivity contribution in [2.45, 2.75) is 38.8 Å². The summed E-state index contributed by atoms with van der Waals surface area (Å²) in [4.78, 5) is 74.4. The van der Waals surface area contributed by atoms with Crippen LogP contribution in [0.4, 0.5) is 22.7 Å². The summed E-state index contributed by atoms with van der Waals surface area (Å²) in [6.45, 7) is 2.65. The van der Waals surface area contributed by atoms with E-state index in [1.165, 1.54) is 23.6 Å². The molecule has 6 aromatic rings. The summed E-state index contributed by atoms with van der Waals surface area (Å²) in [5.41, 5.74) is 10.2. The van der Waals surface area contributed by atoms with E-state index in [0.717, 1.165) is 11.1 Å². The van der Waals surface area contributed by atoms with Gasteiger partial charge in [-0.3, -0.25) is 28.8 Å². The molecule has 0 saturated carbocycles. The minimum atomic E-state index is -0.918. The Morgan fingerprint density at radius 1 is 0.662 bits per heavy atom. The molecule has 4 heterocycles. The van der Waals surface area contributed by atoms with Crippen molar-refractivity contribution in [1.29, 1.82) is 0 Å². The first-order valence-corrected chi connectivity index (χ1v) is 20.4. The van der Waals surface area contributed by atoms with Gasteiger partial charge in [0.05, 0.1) is 11.4 Å². The summed E-state index contributed by atoms with van der Waals surface area (Å²) in [6, 6.07) is 30.8. The Balaban J connectivity index is 0.000000200. The molecule has 2 aliphatic heterocycles. The number of ether oxygens (including phenoxy) is 2. The molecule has 2 atom stereocenters. The maximum Gasteiger partial charge on any atom is 0.274 e. The number of amides is 5. The Morgan fingerprint density at radius 3 is 1.54 bits per heavy atom. The smallest absolute Gasteiger partial charge is 0.274 e. The summed E-state index contributed by atoms with van der Waals surface area (Å²) >= 11 is 4.64. The molecule has 0 unspecified atom stereocenters. The Hall–Kier alpha value is -7.99. The van der Waals surface area contributed by atoms with Gasteiger partial charge in [0.2, 0.25) is 11.1 Å². The van der Waals surface area contributed by atoms with Crippen LogP contribution in [0.25, 0.3) is 0 Å². The van der Waals surface area contributed by atoms with Crippen LogP contribution >= 0.6 is 11.6 Å². The highest BCUT2D eigenvalue weighted by Gasteiger charge is 2.33. The van der Waals surface area contributed by atoms with Gasteiger partial charge in [-0.25, -0.2) is 0 Å². The maximum atomic E-state index is 13.0. The van der Waals surface area contributed by atoms with Crippen LogP contribution in [0.2, 0.25) is 0 Å². The number of nitrogens with zero attached hydrogens (tertiary/aromatic N) is 4. The molecular weight excluding hydrogens is 860 g/mol. The quantitative estimate of drug-likeness (QED) is 0.109. The van der Waals surface area contributed by atoms with Crippen molar-refractivity contribution >= 4 is 69.1 Å². The second-order valence-electron chi connectivity index (χ2n) is 14.7. The average Bonchev–Trinajstić information content (AvgIpc) is 3.92. The number of hydrogen-bond acceptors (Lipinski definition) is 13. The molecule has 5 amide bonds. The first kappa shape index (κ1) is 46.5. The number of hydrogen-bond donors (Lipinski definition) is 4. The Kier molecular flexibility index (Phi) is 15.3. The van der Waals surface area contributed by atoms with E-state index >= 15 is 0 Å². The zero-order valence-corrected chi connectivity index (χ0v) is 36.5. The van der Waals surface area contributed by atoms with Crippen LogP contribution in [-0.4, -0.2) is 84.5 Å². The van der Waals surface area contributed by atoms with Crippen LogP contribution in [0.5, 0.6) is 11.5 Å². The van der Waals surface area contributed by atoms with Crippen molar-refractivity contribution in [3.05, 3.63) is 143 Å². The molecule has 4 aromatic carbocycles. The zero-order valence-electron chi connectivity index (χ0n) is 35.7.